The van der Waals surface area contributed by atoms with Gasteiger partial charge in [0, 0.05) is 13.2 Å². The van der Waals surface area contributed by atoms with Crippen LogP contribution in [-0.2, 0) is 14.2 Å². The number of hydrogen-bond acceptors (Lipinski definition) is 4. The molecule has 0 amide bonds. The summed E-state index contributed by atoms with van der Waals surface area (Å²) >= 11 is 0. The summed E-state index contributed by atoms with van der Waals surface area (Å²) in [6, 6.07) is 0.182. The second-order valence-corrected chi connectivity index (χ2v) is 5.59. The maximum Gasteiger partial charge on any atom is 0.0732 e. The van der Waals surface area contributed by atoms with Gasteiger partial charge in [0.05, 0.1) is 32.5 Å². The molecule has 0 saturated heterocycles. The van der Waals surface area contributed by atoms with Gasteiger partial charge in [-0.1, -0.05) is 13.8 Å². The molecule has 1 aliphatic carbocycles. The van der Waals surface area contributed by atoms with Crippen LogP contribution in [0.2, 0.25) is 0 Å². The van der Waals surface area contributed by atoms with Crippen LogP contribution in [0.15, 0.2) is 0 Å². The van der Waals surface area contributed by atoms with Gasteiger partial charge in [0.1, 0.15) is 0 Å². The minimum atomic E-state index is 0.182. The van der Waals surface area contributed by atoms with Crippen molar-refractivity contribution in [3.63, 3.8) is 0 Å². The van der Waals surface area contributed by atoms with Gasteiger partial charge in [0.25, 0.3) is 0 Å². The Bertz CT molecular complexity index is 209. The summed E-state index contributed by atoms with van der Waals surface area (Å²) < 4.78 is 16.1. The Hall–Kier alpha value is -0.160. The zero-order valence-electron chi connectivity index (χ0n) is 11.4. The Kier molecular flexibility index (Phi) is 6.41. The van der Waals surface area contributed by atoms with E-state index in [9.17, 15) is 0 Å². The third-order valence-corrected chi connectivity index (χ3v) is 3.38. The predicted molar refractivity (Wildman–Crippen MR) is 68.0 cm³/mol. The molecule has 0 spiro atoms. The highest BCUT2D eigenvalue weighted by atomic mass is 16.5. The van der Waals surface area contributed by atoms with Crippen LogP contribution in [0.4, 0.5) is 0 Å². The molecule has 0 bridgehead atoms. The fourth-order valence-electron chi connectivity index (χ4n) is 2.23. The van der Waals surface area contributed by atoms with E-state index in [0.717, 1.165) is 12.8 Å². The molecule has 2 N–H and O–H groups in total. The second kappa shape index (κ2) is 7.31. The van der Waals surface area contributed by atoms with Crippen LogP contribution in [0.25, 0.3) is 0 Å². The number of ether oxygens (including phenoxy) is 3. The lowest BCUT2D eigenvalue weighted by atomic mass is 9.74. The summed E-state index contributed by atoms with van der Waals surface area (Å²) in [7, 11) is 1.67. The van der Waals surface area contributed by atoms with Crippen LogP contribution in [0.3, 0.4) is 0 Å². The molecule has 1 aliphatic rings. The normalized spacial score (nSPS) is 28.2. The van der Waals surface area contributed by atoms with Crippen molar-refractivity contribution in [2.45, 2.75) is 45.3 Å². The van der Waals surface area contributed by atoms with Crippen molar-refractivity contribution in [1.29, 1.82) is 0 Å². The monoisotopic (exact) mass is 245 g/mol. The molecular formula is C13H27NO3. The molecule has 0 heterocycles. The molecular weight excluding hydrogens is 218 g/mol. The van der Waals surface area contributed by atoms with Crippen molar-refractivity contribution < 1.29 is 14.2 Å². The van der Waals surface area contributed by atoms with Gasteiger partial charge in [-0.15, -0.1) is 0 Å². The fourth-order valence-corrected chi connectivity index (χ4v) is 2.23. The Morgan fingerprint density at radius 2 is 1.88 bits per heavy atom. The summed E-state index contributed by atoms with van der Waals surface area (Å²) in [5.74, 6) is 0. The van der Waals surface area contributed by atoms with Gasteiger partial charge in [-0.2, -0.15) is 0 Å². The molecule has 4 nitrogen and oxygen atoms in total. The first-order valence-electron chi connectivity index (χ1n) is 6.49. The van der Waals surface area contributed by atoms with Gasteiger partial charge in [-0.05, 0) is 24.7 Å². The Morgan fingerprint density at radius 1 is 1.18 bits per heavy atom. The Labute approximate surface area is 105 Å². The first kappa shape index (κ1) is 14.9. The molecule has 4 heteroatoms. The summed E-state index contributed by atoms with van der Waals surface area (Å²) in [6.07, 6.45) is 3.48. The number of hydrogen-bond donors (Lipinski definition) is 1. The predicted octanol–water partition coefficient (Wildman–Crippen LogP) is 1.57. The molecule has 0 aliphatic heterocycles. The molecule has 17 heavy (non-hydrogen) atoms. The van der Waals surface area contributed by atoms with E-state index in [4.69, 9.17) is 19.9 Å². The number of methoxy groups -OCH3 is 1. The summed E-state index contributed by atoms with van der Waals surface area (Å²) in [5.41, 5.74) is 6.44. The van der Waals surface area contributed by atoms with Gasteiger partial charge in [-0.25, -0.2) is 0 Å². The molecule has 0 radical (unpaired) electrons. The topological polar surface area (TPSA) is 53.7 Å². The highest BCUT2D eigenvalue weighted by Crippen LogP contribution is 2.35. The quantitative estimate of drug-likeness (QED) is 0.692. The van der Waals surface area contributed by atoms with E-state index in [1.807, 2.05) is 0 Å². The van der Waals surface area contributed by atoms with Crippen LogP contribution in [-0.4, -0.2) is 45.7 Å². The van der Waals surface area contributed by atoms with E-state index in [0.29, 0.717) is 31.8 Å². The fraction of sp³-hybridized carbons (Fsp3) is 1.00. The smallest absolute Gasteiger partial charge is 0.0732 e. The standard InChI is InChI=1S/C13H27NO3/c1-13(2)5-4-11(14)12(10-13)17-9-8-16-7-6-15-3/h11-12H,4-10,14H2,1-3H3. The van der Waals surface area contributed by atoms with E-state index < -0.39 is 0 Å². The summed E-state index contributed by atoms with van der Waals surface area (Å²) in [6.45, 7) is 7.07. The van der Waals surface area contributed by atoms with E-state index in [-0.39, 0.29) is 12.1 Å². The number of nitrogens with two attached hydrogens (primary N) is 1. The van der Waals surface area contributed by atoms with Crippen molar-refractivity contribution >= 4 is 0 Å². The van der Waals surface area contributed by atoms with Crippen molar-refractivity contribution in [2.75, 3.05) is 33.5 Å². The zero-order chi connectivity index (χ0) is 12.7. The highest BCUT2D eigenvalue weighted by Gasteiger charge is 2.33. The third-order valence-electron chi connectivity index (χ3n) is 3.38. The molecule has 1 rings (SSSR count). The largest absolute Gasteiger partial charge is 0.382 e. The van der Waals surface area contributed by atoms with Crippen LogP contribution >= 0.6 is 0 Å². The zero-order valence-corrected chi connectivity index (χ0v) is 11.4. The van der Waals surface area contributed by atoms with Crippen molar-refractivity contribution in [1.82, 2.24) is 0 Å². The maximum absolute atomic E-state index is 6.08. The van der Waals surface area contributed by atoms with Gasteiger partial charge >= 0.3 is 0 Å². The third kappa shape index (κ3) is 5.82. The summed E-state index contributed by atoms with van der Waals surface area (Å²) in [4.78, 5) is 0. The lowest BCUT2D eigenvalue weighted by molar-refractivity contribution is -0.0462. The van der Waals surface area contributed by atoms with Crippen LogP contribution in [0.1, 0.15) is 33.1 Å². The first-order chi connectivity index (χ1) is 8.05. The van der Waals surface area contributed by atoms with Crippen molar-refractivity contribution in [3.05, 3.63) is 0 Å². The minimum absolute atomic E-state index is 0.182. The summed E-state index contributed by atoms with van der Waals surface area (Å²) in [5, 5.41) is 0. The molecule has 2 atom stereocenters. The number of rotatable bonds is 7. The van der Waals surface area contributed by atoms with E-state index in [1.54, 1.807) is 7.11 Å². The van der Waals surface area contributed by atoms with Gasteiger partial charge in [0.15, 0.2) is 0 Å². The van der Waals surface area contributed by atoms with Gasteiger partial charge in [-0.3, -0.25) is 0 Å². The SMILES string of the molecule is COCCOCCOC1CC(C)(C)CCC1N. The van der Waals surface area contributed by atoms with Crippen LogP contribution < -0.4 is 5.73 Å². The van der Waals surface area contributed by atoms with E-state index in [1.165, 1.54) is 6.42 Å². The Balaban J connectivity index is 2.12. The van der Waals surface area contributed by atoms with Gasteiger partial charge < -0.3 is 19.9 Å². The lowest BCUT2D eigenvalue weighted by Crippen LogP contribution is -2.45. The first-order valence-corrected chi connectivity index (χ1v) is 6.49. The molecule has 102 valence electrons. The van der Waals surface area contributed by atoms with Gasteiger partial charge in [0.2, 0.25) is 0 Å². The molecule has 0 aromatic heterocycles. The highest BCUT2D eigenvalue weighted by molar-refractivity contribution is 4.87. The van der Waals surface area contributed by atoms with Crippen LogP contribution in [0, 0.1) is 5.41 Å². The van der Waals surface area contributed by atoms with E-state index >= 15 is 0 Å². The maximum atomic E-state index is 6.08. The molecule has 1 saturated carbocycles. The molecule has 2 unspecified atom stereocenters. The lowest BCUT2D eigenvalue weighted by Gasteiger charge is -2.38. The molecule has 0 aromatic rings. The van der Waals surface area contributed by atoms with Crippen LogP contribution in [0.5, 0.6) is 0 Å². The average molecular weight is 245 g/mol. The minimum Gasteiger partial charge on any atom is -0.382 e. The molecule has 1 fully saturated rings. The van der Waals surface area contributed by atoms with E-state index in [2.05, 4.69) is 13.8 Å². The molecule has 0 aromatic carbocycles. The average Bonchev–Trinajstić information content (AvgIpc) is 2.28. The second-order valence-electron chi connectivity index (χ2n) is 5.59. The van der Waals surface area contributed by atoms with Crippen molar-refractivity contribution in [3.8, 4) is 0 Å². The Morgan fingerprint density at radius 3 is 2.59 bits per heavy atom. The van der Waals surface area contributed by atoms with Crippen molar-refractivity contribution in [2.24, 2.45) is 11.1 Å².